The van der Waals surface area contributed by atoms with Gasteiger partial charge in [-0.05, 0) is 49.4 Å². The van der Waals surface area contributed by atoms with Crippen LogP contribution in [0.2, 0.25) is 0 Å². The number of carbonyl (C=O) groups is 1. The van der Waals surface area contributed by atoms with Crippen LogP contribution in [0.4, 0.5) is 14.9 Å². The first-order valence-corrected chi connectivity index (χ1v) is 7.95. The zero-order valence-corrected chi connectivity index (χ0v) is 13.7. The van der Waals surface area contributed by atoms with Crippen LogP contribution in [0, 0.1) is 18.7 Å². The van der Waals surface area contributed by atoms with Crippen LogP contribution < -0.4 is 5.32 Å². The van der Waals surface area contributed by atoms with E-state index in [-0.39, 0.29) is 12.6 Å². The minimum absolute atomic E-state index is 0.267. The molecule has 128 valence electrons. The van der Waals surface area contributed by atoms with Gasteiger partial charge in [-0.3, -0.25) is 0 Å². The Balaban J connectivity index is 1.64. The molecule has 0 spiro atoms. The van der Waals surface area contributed by atoms with E-state index < -0.39 is 11.9 Å². The van der Waals surface area contributed by atoms with Crippen LogP contribution in [0.15, 0.2) is 30.6 Å². The van der Waals surface area contributed by atoms with Gasteiger partial charge in [-0.1, -0.05) is 0 Å². The first kappa shape index (κ1) is 16.4. The molecule has 1 aromatic carbocycles. The maximum absolute atomic E-state index is 14.3. The number of urea groups is 1. The zero-order chi connectivity index (χ0) is 17.3. The number of nitrogens with zero attached hydrogens (tertiary/aromatic N) is 3. The van der Waals surface area contributed by atoms with Crippen LogP contribution in [-0.2, 0) is 0 Å². The highest BCUT2D eigenvalue weighted by molar-refractivity contribution is 5.89. The Morgan fingerprint density at radius 2 is 2.29 bits per heavy atom. The molecule has 1 aliphatic rings. The molecule has 0 radical (unpaired) electrons. The summed E-state index contributed by atoms with van der Waals surface area (Å²) in [5.74, 6) is -0.175. The van der Waals surface area contributed by atoms with Crippen LogP contribution >= 0.6 is 0 Å². The van der Waals surface area contributed by atoms with Crippen LogP contribution in [0.25, 0.3) is 5.69 Å². The summed E-state index contributed by atoms with van der Waals surface area (Å²) in [4.78, 5) is 13.5. The third-order valence-electron chi connectivity index (χ3n) is 4.13. The highest BCUT2D eigenvalue weighted by Crippen LogP contribution is 2.32. The Morgan fingerprint density at radius 1 is 1.54 bits per heavy atom. The molecule has 7 heteroatoms. The first-order valence-electron chi connectivity index (χ1n) is 7.95. The topological polar surface area (TPSA) is 70.4 Å². The van der Waals surface area contributed by atoms with Gasteiger partial charge >= 0.3 is 6.03 Å². The smallest absolute Gasteiger partial charge is 0.321 e. The monoisotopic (exact) mass is 332 g/mol. The average molecular weight is 332 g/mol. The maximum Gasteiger partial charge on any atom is 0.321 e. The molecule has 1 unspecified atom stereocenters. The highest BCUT2D eigenvalue weighted by Gasteiger charge is 2.31. The van der Waals surface area contributed by atoms with Gasteiger partial charge in [0.15, 0.2) is 5.82 Å². The Morgan fingerprint density at radius 3 is 2.88 bits per heavy atom. The molecular weight excluding hydrogens is 311 g/mol. The van der Waals surface area contributed by atoms with Crippen molar-refractivity contribution in [2.75, 3.05) is 18.9 Å². The van der Waals surface area contributed by atoms with Crippen molar-refractivity contribution in [2.45, 2.75) is 25.9 Å². The second-order valence-corrected chi connectivity index (χ2v) is 6.34. The van der Waals surface area contributed by atoms with Crippen molar-refractivity contribution in [3.05, 3.63) is 42.0 Å². The molecular formula is C17H21FN4O2. The van der Waals surface area contributed by atoms with E-state index in [1.165, 1.54) is 15.6 Å². The fourth-order valence-corrected chi connectivity index (χ4v) is 2.53. The van der Waals surface area contributed by atoms with Crippen LogP contribution in [0.1, 0.15) is 18.4 Å². The number of rotatable bonds is 5. The lowest BCUT2D eigenvalue weighted by atomic mass is 10.2. The van der Waals surface area contributed by atoms with Gasteiger partial charge in [0.2, 0.25) is 0 Å². The quantitative estimate of drug-likeness (QED) is 0.884. The van der Waals surface area contributed by atoms with Crippen molar-refractivity contribution in [3.8, 4) is 5.69 Å². The van der Waals surface area contributed by atoms with Crippen molar-refractivity contribution in [1.29, 1.82) is 0 Å². The third-order valence-corrected chi connectivity index (χ3v) is 4.13. The van der Waals surface area contributed by atoms with Crippen LogP contribution in [0.5, 0.6) is 0 Å². The SMILES string of the molecule is Cc1cnn(-c2ccc(NC(=O)N(C)CC(O)C3CC3)cc2F)c1. The fraction of sp³-hybridized carbons (Fsp3) is 0.412. The van der Waals surface area contributed by atoms with Crippen molar-refractivity contribution in [3.63, 3.8) is 0 Å². The third kappa shape index (κ3) is 3.73. The van der Waals surface area contributed by atoms with Crippen molar-refractivity contribution >= 4 is 11.7 Å². The Kier molecular flexibility index (Phi) is 4.53. The predicted molar refractivity (Wildman–Crippen MR) is 88.6 cm³/mol. The summed E-state index contributed by atoms with van der Waals surface area (Å²) in [6.45, 7) is 2.14. The largest absolute Gasteiger partial charge is 0.391 e. The number of aliphatic hydroxyl groups excluding tert-OH is 1. The Bertz CT molecular complexity index is 742. The van der Waals surface area contributed by atoms with Gasteiger partial charge in [-0.25, -0.2) is 13.9 Å². The molecule has 2 N–H and O–H groups in total. The summed E-state index contributed by atoms with van der Waals surface area (Å²) in [5.41, 5.74) is 1.61. The van der Waals surface area contributed by atoms with E-state index in [4.69, 9.17) is 0 Å². The number of halogens is 1. The molecule has 1 atom stereocenters. The molecule has 0 bridgehead atoms. The van der Waals surface area contributed by atoms with Gasteiger partial charge in [-0.2, -0.15) is 5.10 Å². The van der Waals surface area contributed by atoms with E-state index in [2.05, 4.69) is 10.4 Å². The average Bonchev–Trinajstić information content (AvgIpc) is 3.30. The molecule has 6 nitrogen and oxygen atoms in total. The van der Waals surface area contributed by atoms with Gasteiger partial charge in [0.1, 0.15) is 5.69 Å². The van der Waals surface area contributed by atoms with E-state index in [9.17, 15) is 14.3 Å². The molecule has 0 aliphatic heterocycles. The number of aromatic nitrogens is 2. The van der Waals surface area contributed by atoms with E-state index >= 15 is 0 Å². The van der Waals surface area contributed by atoms with Crippen LogP contribution in [-0.4, -0.2) is 45.5 Å². The number of aryl methyl sites for hydroxylation is 1. The summed E-state index contributed by atoms with van der Waals surface area (Å²) in [6, 6.07) is 4.07. The van der Waals surface area contributed by atoms with Crippen molar-refractivity contribution in [1.82, 2.24) is 14.7 Å². The zero-order valence-electron chi connectivity index (χ0n) is 13.7. The standard InChI is InChI=1S/C17H21FN4O2/c1-11-8-19-22(9-11)15-6-5-13(7-14(15)18)20-17(24)21(2)10-16(23)12-3-4-12/h5-9,12,16,23H,3-4,10H2,1-2H3,(H,20,24). The number of anilines is 1. The van der Waals surface area contributed by atoms with E-state index in [1.54, 1.807) is 31.6 Å². The summed E-state index contributed by atoms with van der Waals surface area (Å²) in [6.07, 6.45) is 4.90. The number of aliphatic hydroxyl groups is 1. The second kappa shape index (κ2) is 6.60. The Labute approximate surface area is 139 Å². The minimum Gasteiger partial charge on any atom is -0.391 e. The highest BCUT2D eigenvalue weighted by atomic mass is 19.1. The normalized spacial score (nSPS) is 15.2. The number of hydrogen-bond donors (Lipinski definition) is 2. The molecule has 1 heterocycles. The van der Waals surface area contributed by atoms with E-state index in [0.717, 1.165) is 18.4 Å². The molecule has 3 rings (SSSR count). The van der Waals surface area contributed by atoms with Crippen molar-refractivity contribution in [2.24, 2.45) is 5.92 Å². The summed E-state index contributed by atoms with van der Waals surface area (Å²) in [7, 11) is 1.61. The number of nitrogens with one attached hydrogen (secondary N) is 1. The van der Waals surface area contributed by atoms with E-state index in [0.29, 0.717) is 17.3 Å². The number of likely N-dealkylation sites (N-methyl/N-ethyl adjacent to an activating group) is 1. The molecule has 0 saturated heterocycles. The van der Waals surface area contributed by atoms with Gasteiger partial charge in [0.25, 0.3) is 0 Å². The molecule has 1 fully saturated rings. The molecule has 2 amide bonds. The van der Waals surface area contributed by atoms with Crippen LogP contribution in [0.3, 0.4) is 0 Å². The Hall–Kier alpha value is -2.41. The number of carbonyl (C=O) groups excluding carboxylic acids is 1. The minimum atomic E-state index is -0.497. The molecule has 24 heavy (non-hydrogen) atoms. The van der Waals surface area contributed by atoms with Gasteiger partial charge in [-0.15, -0.1) is 0 Å². The first-order chi connectivity index (χ1) is 11.4. The van der Waals surface area contributed by atoms with Gasteiger partial charge in [0, 0.05) is 25.5 Å². The summed E-state index contributed by atoms with van der Waals surface area (Å²) in [5, 5.41) is 16.6. The summed E-state index contributed by atoms with van der Waals surface area (Å²) >= 11 is 0. The molecule has 2 aromatic rings. The van der Waals surface area contributed by atoms with Gasteiger partial charge < -0.3 is 15.3 Å². The lowest BCUT2D eigenvalue weighted by Crippen LogP contribution is -2.38. The lowest BCUT2D eigenvalue weighted by Gasteiger charge is -2.21. The number of amides is 2. The number of benzene rings is 1. The molecule has 1 saturated carbocycles. The fourth-order valence-electron chi connectivity index (χ4n) is 2.53. The van der Waals surface area contributed by atoms with Crippen molar-refractivity contribution < 1.29 is 14.3 Å². The second-order valence-electron chi connectivity index (χ2n) is 6.34. The maximum atomic E-state index is 14.3. The van der Waals surface area contributed by atoms with Gasteiger partial charge in [0.05, 0.1) is 12.3 Å². The van der Waals surface area contributed by atoms with E-state index in [1.807, 2.05) is 6.92 Å². The lowest BCUT2D eigenvalue weighted by molar-refractivity contribution is 0.117. The molecule has 1 aliphatic carbocycles. The predicted octanol–water partition coefficient (Wildman–Crippen LogP) is 2.55. The molecule has 1 aromatic heterocycles. The number of hydrogen-bond acceptors (Lipinski definition) is 3. The summed E-state index contributed by atoms with van der Waals surface area (Å²) < 4.78 is 15.7.